The van der Waals surface area contributed by atoms with Crippen molar-refractivity contribution < 1.29 is 19.1 Å². The van der Waals surface area contributed by atoms with Crippen LogP contribution >= 0.6 is 6.72 Å². The summed E-state index contributed by atoms with van der Waals surface area (Å²) >= 11 is 4.04. The summed E-state index contributed by atoms with van der Waals surface area (Å²) in [6.07, 6.45) is 1.35. The third-order valence-corrected chi connectivity index (χ3v) is 1.89. The van der Waals surface area contributed by atoms with Crippen LogP contribution in [0.3, 0.4) is 0 Å². The van der Waals surface area contributed by atoms with Crippen molar-refractivity contribution in [2.24, 2.45) is 4.99 Å². The summed E-state index contributed by atoms with van der Waals surface area (Å²) in [5, 5.41) is 0. The van der Waals surface area contributed by atoms with Crippen molar-refractivity contribution in [2.45, 2.75) is 0 Å². The van der Waals surface area contributed by atoms with Gasteiger partial charge in [-0.05, 0) is 31.0 Å². The van der Waals surface area contributed by atoms with Crippen molar-refractivity contribution in [1.82, 2.24) is 0 Å². The average Bonchev–Trinajstić information content (AvgIpc) is 2.06. The number of aliphatic imine (C=N–C) groups is 1. The summed E-state index contributed by atoms with van der Waals surface area (Å²) in [6.45, 7) is -4.19. The van der Waals surface area contributed by atoms with Crippen molar-refractivity contribution in [3.8, 4) is 5.75 Å². The minimum absolute atomic E-state index is 0.0863. The number of rotatable bonds is 3. The fourth-order valence-electron chi connectivity index (χ4n) is 0.763. The summed E-state index contributed by atoms with van der Waals surface area (Å²) in [4.78, 5) is 34.3. The molecule has 0 aliphatic rings. The second kappa shape index (κ2) is 4.46. The highest BCUT2D eigenvalue weighted by Crippen LogP contribution is 2.30. The first kappa shape index (κ1) is 11.0. The van der Waals surface area contributed by atoms with Gasteiger partial charge in [0.15, 0.2) is 0 Å². The number of hydrogen-bond donors (Lipinski definition) is 0. The lowest BCUT2D eigenvalue weighted by atomic mass is 10.3. The SMILES string of the molecule is O=C=Nc1ccc(OP([O-])([O-])=S)cc1. The molecule has 0 atom stereocenters. The maximum Gasteiger partial charge on any atom is 0.240 e. The molecule has 1 aromatic rings. The summed E-state index contributed by atoms with van der Waals surface area (Å²) in [7, 11) is 0. The molecule has 0 bridgehead atoms. The van der Waals surface area contributed by atoms with Crippen LogP contribution in [0.25, 0.3) is 0 Å². The molecule has 0 aromatic heterocycles. The second-order valence-electron chi connectivity index (χ2n) is 2.24. The van der Waals surface area contributed by atoms with Gasteiger partial charge in [0.05, 0.1) is 5.69 Å². The molecule has 0 aliphatic heterocycles. The summed E-state index contributed by atoms with van der Waals surface area (Å²) < 4.78 is 4.41. The predicted molar refractivity (Wildman–Crippen MR) is 49.1 cm³/mol. The molecule has 0 unspecified atom stereocenters. The van der Waals surface area contributed by atoms with Crippen molar-refractivity contribution in [1.29, 1.82) is 0 Å². The Kier molecular flexibility index (Phi) is 3.52. The van der Waals surface area contributed by atoms with Gasteiger partial charge in [-0.25, -0.2) is 4.79 Å². The summed E-state index contributed by atoms with van der Waals surface area (Å²) in [5.41, 5.74) is 0.359. The lowest BCUT2D eigenvalue weighted by Gasteiger charge is -2.34. The quantitative estimate of drug-likeness (QED) is 0.413. The van der Waals surface area contributed by atoms with E-state index in [0.717, 1.165) is 0 Å². The molecule has 0 amide bonds. The Morgan fingerprint density at radius 2 is 1.93 bits per heavy atom. The maximum atomic E-state index is 10.5. The number of isocyanates is 1. The lowest BCUT2D eigenvalue weighted by Crippen LogP contribution is -2.18. The molecule has 0 heterocycles. The Bertz CT molecular complexity index is 406. The molecule has 0 spiro atoms. The Hall–Kier alpha value is -1.03. The highest BCUT2D eigenvalue weighted by Gasteiger charge is 1.94. The van der Waals surface area contributed by atoms with Gasteiger partial charge in [0.2, 0.25) is 6.08 Å². The lowest BCUT2D eigenvalue weighted by molar-refractivity contribution is -0.313. The van der Waals surface area contributed by atoms with Crippen LogP contribution in [-0.2, 0) is 16.6 Å². The summed E-state index contributed by atoms with van der Waals surface area (Å²) in [5.74, 6) is 0.0863. The molecule has 0 fully saturated rings. The smallest absolute Gasteiger partial charge is 0.240 e. The molecule has 1 rings (SSSR count). The van der Waals surface area contributed by atoms with E-state index in [-0.39, 0.29) is 5.75 Å². The first-order valence-electron chi connectivity index (χ1n) is 3.41. The van der Waals surface area contributed by atoms with Crippen LogP contribution in [0.4, 0.5) is 5.69 Å². The fourth-order valence-corrected chi connectivity index (χ4v) is 1.40. The van der Waals surface area contributed by atoms with E-state index in [9.17, 15) is 14.6 Å². The monoisotopic (exact) mass is 229 g/mol. The van der Waals surface area contributed by atoms with Gasteiger partial charge in [-0.15, -0.1) is 0 Å². The van der Waals surface area contributed by atoms with Crippen molar-refractivity contribution in [2.75, 3.05) is 0 Å². The van der Waals surface area contributed by atoms with E-state index in [4.69, 9.17) is 0 Å². The molecule has 0 N–H and O–H groups in total. The minimum atomic E-state index is -4.19. The number of nitrogens with zero attached hydrogens (tertiary/aromatic N) is 1. The summed E-state index contributed by atoms with van der Waals surface area (Å²) in [6, 6.07) is 5.50. The molecule has 0 saturated carbocycles. The third-order valence-electron chi connectivity index (χ3n) is 1.23. The van der Waals surface area contributed by atoms with E-state index in [2.05, 4.69) is 21.3 Å². The largest absolute Gasteiger partial charge is 0.803 e. The van der Waals surface area contributed by atoms with Gasteiger partial charge in [0.1, 0.15) is 5.75 Å². The molecule has 0 aliphatic carbocycles. The molecule has 0 saturated heterocycles. The molecule has 5 nitrogen and oxygen atoms in total. The van der Waals surface area contributed by atoms with Crippen LogP contribution in [0.15, 0.2) is 29.3 Å². The third kappa shape index (κ3) is 3.79. The zero-order valence-electron chi connectivity index (χ0n) is 6.75. The normalized spacial score (nSPS) is 10.4. The van der Waals surface area contributed by atoms with E-state index in [1.54, 1.807) is 0 Å². The van der Waals surface area contributed by atoms with Gasteiger partial charge in [-0.2, -0.15) is 4.99 Å². The topological polar surface area (TPSA) is 84.8 Å². The Balaban J connectivity index is 2.84. The Morgan fingerprint density at radius 3 is 2.36 bits per heavy atom. The molecular formula is C7H4NO4PS-2. The van der Waals surface area contributed by atoms with Crippen LogP contribution in [0.1, 0.15) is 0 Å². The number of hydrogen-bond acceptors (Lipinski definition) is 6. The van der Waals surface area contributed by atoms with Crippen LogP contribution in [0.5, 0.6) is 5.75 Å². The maximum absolute atomic E-state index is 10.5. The first-order valence-corrected chi connectivity index (χ1v) is 5.96. The van der Waals surface area contributed by atoms with Crippen LogP contribution in [0, 0.1) is 0 Å². The van der Waals surface area contributed by atoms with Gasteiger partial charge in [0.25, 0.3) is 0 Å². The zero-order valence-corrected chi connectivity index (χ0v) is 8.46. The van der Waals surface area contributed by atoms with Gasteiger partial charge in [-0.1, -0.05) is 11.8 Å². The van der Waals surface area contributed by atoms with Crippen LogP contribution in [-0.4, -0.2) is 6.08 Å². The van der Waals surface area contributed by atoms with Gasteiger partial charge in [-0.3, -0.25) is 0 Å². The standard InChI is InChI=1S/C7H6NO4PS/c9-5-8-6-1-3-7(4-2-6)12-13(10,11)14/h1-4H,(H2,10,11,14)/p-2. The average molecular weight is 229 g/mol. The van der Waals surface area contributed by atoms with E-state index in [0.29, 0.717) is 5.69 Å². The Labute approximate surface area is 84.9 Å². The molecule has 0 radical (unpaired) electrons. The van der Waals surface area contributed by atoms with Crippen molar-refractivity contribution in [3.05, 3.63) is 24.3 Å². The zero-order chi connectivity index (χ0) is 10.6. The highest BCUT2D eigenvalue weighted by molar-refractivity contribution is 8.05. The predicted octanol–water partition coefficient (Wildman–Crippen LogP) is -0.0222. The fraction of sp³-hybridized carbons (Fsp3) is 0. The molecule has 7 heteroatoms. The first-order chi connectivity index (χ1) is 6.51. The molecular weight excluding hydrogens is 225 g/mol. The Morgan fingerprint density at radius 1 is 1.36 bits per heavy atom. The van der Waals surface area contributed by atoms with E-state index in [1.807, 2.05) is 0 Å². The van der Waals surface area contributed by atoms with Crippen molar-refractivity contribution in [3.63, 3.8) is 0 Å². The van der Waals surface area contributed by atoms with E-state index >= 15 is 0 Å². The molecule has 1 aromatic carbocycles. The molecule has 14 heavy (non-hydrogen) atoms. The minimum Gasteiger partial charge on any atom is -0.803 e. The van der Waals surface area contributed by atoms with Gasteiger partial charge >= 0.3 is 0 Å². The second-order valence-corrected chi connectivity index (χ2v) is 4.65. The van der Waals surface area contributed by atoms with Crippen LogP contribution in [0.2, 0.25) is 0 Å². The number of carbonyl (C=O) groups excluding carboxylic acids is 1. The van der Waals surface area contributed by atoms with E-state index in [1.165, 1.54) is 30.3 Å². The van der Waals surface area contributed by atoms with Gasteiger partial charge < -0.3 is 14.3 Å². The van der Waals surface area contributed by atoms with Crippen LogP contribution < -0.4 is 14.3 Å². The van der Waals surface area contributed by atoms with Gasteiger partial charge in [0, 0.05) is 0 Å². The molecule has 74 valence electrons. The highest BCUT2D eigenvalue weighted by atomic mass is 32.5. The van der Waals surface area contributed by atoms with Crippen molar-refractivity contribution >= 4 is 30.3 Å². The number of benzene rings is 1. The van der Waals surface area contributed by atoms with E-state index < -0.39 is 6.72 Å².